The van der Waals surface area contributed by atoms with Crippen molar-refractivity contribution in [3.8, 4) is 0 Å². The van der Waals surface area contributed by atoms with Crippen molar-refractivity contribution in [2.45, 2.75) is 13.3 Å². The van der Waals surface area contributed by atoms with Gasteiger partial charge in [0.15, 0.2) is 0 Å². The molecule has 0 atom stereocenters. The summed E-state index contributed by atoms with van der Waals surface area (Å²) < 4.78 is 0. The fraction of sp³-hybridized carbons (Fsp3) is 0.118. The van der Waals surface area contributed by atoms with Crippen LogP contribution in [-0.2, 0) is 0 Å². The minimum absolute atomic E-state index is 0.0672. The van der Waals surface area contributed by atoms with E-state index in [1.54, 1.807) is 18.3 Å². The molecule has 0 amide bonds. The van der Waals surface area contributed by atoms with E-state index < -0.39 is 4.92 Å². The molecule has 1 aliphatic rings. The van der Waals surface area contributed by atoms with Gasteiger partial charge in [0, 0.05) is 29.7 Å². The number of rotatable bonds is 4. The first-order valence-electron chi connectivity index (χ1n) is 6.97. The van der Waals surface area contributed by atoms with Crippen molar-refractivity contribution in [3.63, 3.8) is 0 Å². The first-order chi connectivity index (χ1) is 10.6. The number of pyridine rings is 1. The van der Waals surface area contributed by atoms with Gasteiger partial charge in [-0.25, -0.2) is 0 Å². The highest BCUT2D eigenvalue weighted by molar-refractivity contribution is 5.73. The molecular weight excluding hydrogens is 278 g/mol. The summed E-state index contributed by atoms with van der Waals surface area (Å²) in [5, 5.41) is 14.0. The molecule has 2 aromatic rings. The molecule has 5 nitrogen and oxygen atoms in total. The highest BCUT2D eigenvalue weighted by atomic mass is 16.6. The molecule has 1 aromatic heterocycles. The predicted molar refractivity (Wildman–Crippen MR) is 87.0 cm³/mol. The maximum atomic E-state index is 10.8. The number of hydrogen-bond donors (Lipinski definition) is 1. The molecular formula is C17H15N3O2. The van der Waals surface area contributed by atoms with Crippen molar-refractivity contribution >= 4 is 22.6 Å². The van der Waals surface area contributed by atoms with Gasteiger partial charge in [-0.15, -0.1) is 0 Å². The van der Waals surface area contributed by atoms with Crippen molar-refractivity contribution < 1.29 is 4.92 Å². The SMILES string of the molecule is CC1=CCC(c2cc(Nc3cccc([N+](=O)[O-])c3)ccn2)=C1. The van der Waals surface area contributed by atoms with E-state index in [1.807, 2.05) is 12.1 Å². The highest BCUT2D eigenvalue weighted by Crippen LogP contribution is 2.28. The lowest BCUT2D eigenvalue weighted by Crippen LogP contribution is -1.95. The summed E-state index contributed by atoms with van der Waals surface area (Å²) >= 11 is 0. The first-order valence-corrected chi connectivity index (χ1v) is 6.97. The van der Waals surface area contributed by atoms with Crippen LogP contribution in [0, 0.1) is 10.1 Å². The first kappa shape index (κ1) is 14.0. The van der Waals surface area contributed by atoms with Crippen molar-refractivity contribution in [2.24, 2.45) is 0 Å². The van der Waals surface area contributed by atoms with E-state index in [0.29, 0.717) is 5.69 Å². The molecule has 22 heavy (non-hydrogen) atoms. The topological polar surface area (TPSA) is 68.1 Å². The molecule has 1 aliphatic carbocycles. The van der Waals surface area contributed by atoms with E-state index in [9.17, 15) is 10.1 Å². The van der Waals surface area contributed by atoms with E-state index in [2.05, 4.69) is 29.4 Å². The van der Waals surface area contributed by atoms with Crippen molar-refractivity contribution in [1.82, 2.24) is 4.98 Å². The number of benzene rings is 1. The highest BCUT2D eigenvalue weighted by Gasteiger charge is 2.09. The lowest BCUT2D eigenvalue weighted by atomic mass is 10.1. The van der Waals surface area contributed by atoms with Crippen LogP contribution in [0.2, 0.25) is 0 Å². The smallest absolute Gasteiger partial charge is 0.271 e. The van der Waals surface area contributed by atoms with Crippen molar-refractivity contribution in [1.29, 1.82) is 0 Å². The van der Waals surface area contributed by atoms with Crippen LogP contribution in [0.1, 0.15) is 19.0 Å². The predicted octanol–water partition coefficient (Wildman–Crippen LogP) is 4.47. The van der Waals surface area contributed by atoms with Crippen LogP contribution < -0.4 is 5.32 Å². The molecule has 0 saturated heterocycles. The second-order valence-electron chi connectivity index (χ2n) is 5.18. The minimum Gasteiger partial charge on any atom is -0.355 e. The Kier molecular flexibility index (Phi) is 3.70. The molecule has 0 radical (unpaired) electrons. The number of nitrogens with one attached hydrogen (secondary N) is 1. The molecule has 1 heterocycles. The average Bonchev–Trinajstić information content (AvgIpc) is 2.94. The summed E-state index contributed by atoms with van der Waals surface area (Å²) in [7, 11) is 0. The standard InChI is InChI=1S/C17H15N3O2/c1-12-5-6-13(9-12)17-11-15(7-8-18-17)19-14-3-2-4-16(10-14)20(21)22/h2-5,7-11H,6H2,1H3,(H,18,19). The van der Waals surface area contributed by atoms with Crippen LogP contribution >= 0.6 is 0 Å². The summed E-state index contributed by atoms with van der Waals surface area (Å²) in [6.07, 6.45) is 6.92. The van der Waals surface area contributed by atoms with E-state index in [4.69, 9.17) is 0 Å². The largest absolute Gasteiger partial charge is 0.355 e. The molecule has 0 bridgehead atoms. The Morgan fingerprint density at radius 2 is 2.05 bits per heavy atom. The minimum atomic E-state index is -0.402. The molecule has 0 aliphatic heterocycles. The van der Waals surface area contributed by atoms with E-state index in [1.165, 1.54) is 23.3 Å². The van der Waals surface area contributed by atoms with Crippen LogP contribution in [0.3, 0.4) is 0 Å². The Bertz CT molecular complexity index is 794. The monoisotopic (exact) mass is 293 g/mol. The second-order valence-corrected chi connectivity index (χ2v) is 5.18. The molecule has 1 N–H and O–H groups in total. The van der Waals surface area contributed by atoms with Gasteiger partial charge in [0.05, 0.1) is 10.6 Å². The van der Waals surface area contributed by atoms with Gasteiger partial charge in [-0.3, -0.25) is 15.1 Å². The van der Waals surface area contributed by atoms with Crippen molar-refractivity contribution in [2.75, 3.05) is 5.32 Å². The molecule has 1 aromatic carbocycles. The molecule has 110 valence electrons. The Morgan fingerprint density at radius 3 is 2.77 bits per heavy atom. The Balaban J connectivity index is 1.83. The maximum absolute atomic E-state index is 10.8. The van der Waals surface area contributed by atoms with Gasteiger partial charge in [-0.2, -0.15) is 0 Å². The lowest BCUT2D eigenvalue weighted by molar-refractivity contribution is -0.384. The molecule has 0 fully saturated rings. The van der Waals surface area contributed by atoms with Crippen molar-refractivity contribution in [3.05, 3.63) is 76.1 Å². The second kappa shape index (κ2) is 5.81. The van der Waals surface area contributed by atoms with Gasteiger partial charge >= 0.3 is 0 Å². The van der Waals surface area contributed by atoms with E-state index >= 15 is 0 Å². The zero-order valence-electron chi connectivity index (χ0n) is 12.1. The number of hydrogen-bond acceptors (Lipinski definition) is 4. The summed E-state index contributed by atoms with van der Waals surface area (Å²) in [5.41, 5.74) is 4.95. The summed E-state index contributed by atoms with van der Waals surface area (Å²) in [4.78, 5) is 14.8. The van der Waals surface area contributed by atoms with Gasteiger partial charge in [0.1, 0.15) is 0 Å². The third-order valence-electron chi connectivity index (χ3n) is 3.48. The third kappa shape index (κ3) is 3.03. The summed E-state index contributed by atoms with van der Waals surface area (Å²) in [6, 6.07) is 10.2. The normalized spacial score (nSPS) is 13.5. The lowest BCUT2D eigenvalue weighted by Gasteiger charge is -2.08. The maximum Gasteiger partial charge on any atom is 0.271 e. The Labute approximate surface area is 128 Å². The number of nitrogens with zero attached hydrogens (tertiary/aromatic N) is 2. The van der Waals surface area contributed by atoms with Gasteiger partial charge < -0.3 is 5.32 Å². The Hall–Kier alpha value is -2.95. The molecule has 0 unspecified atom stereocenters. The van der Waals surface area contributed by atoms with Gasteiger partial charge in [0.25, 0.3) is 5.69 Å². The quantitative estimate of drug-likeness (QED) is 0.667. The number of aromatic nitrogens is 1. The molecule has 5 heteroatoms. The van der Waals surface area contributed by atoms with Crippen LogP contribution in [0.5, 0.6) is 0 Å². The number of anilines is 2. The molecule has 3 rings (SSSR count). The fourth-order valence-electron chi connectivity index (χ4n) is 2.39. The number of allylic oxidation sites excluding steroid dienone is 4. The van der Waals surface area contributed by atoms with Crippen LogP contribution in [0.25, 0.3) is 5.57 Å². The van der Waals surface area contributed by atoms with E-state index in [0.717, 1.165) is 17.8 Å². The molecule has 0 spiro atoms. The molecule has 0 saturated carbocycles. The van der Waals surface area contributed by atoms with Gasteiger partial charge in [-0.05, 0) is 37.1 Å². The number of nitro groups is 1. The third-order valence-corrected chi connectivity index (χ3v) is 3.48. The summed E-state index contributed by atoms with van der Waals surface area (Å²) in [5.74, 6) is 0. The number of nitro benzene ring substituents is 1. The van der Waals surface area contributed by atoms with E-state index in [-0.39, 0.29) is 5.69 Å². The Morgan fingerprint density at radius 1 is 1.23 bits per heavy atom. The number of non-ortho nitro benzene ring substituents is 1. The zero-order chi connectivity index (χ0) is 15.5. The average molecular weight is 293 g/mol. The van der Waals surface area contributed by atoms with Gasteiger partial charge in [-0.1, -0.05) is 23.8 Å². The van der Waals surface area contributed by atoms with Crippen LogP contribution in [-0.4, -0.2) is 9.91 Å². The van der Waals surface area contributed by atoms with Crippen LogP contribution in [0.4, 0.5) is 17.1 Å². The van der Waals surface area contributed by atoms with Crippen LogP contribution in [0.15, 0.2) is 60.3 Å². The zero-order valence-corrected chi connectivity index (χ0v) is 12.1. The van der Waals surface area contributed by atoms with Gasteiger partial charge in [0.2, 0.25) is 0 Å². The summed E-state index contributed by atoms with van der Waals surface area (Å²) in [6.45, 7) is 2.07. The fourth-order valence-corrected chi connectivity index (χ4v) is 2.39.